The predicted molar refractivity (Wildman–Crippen MR) is 79.3 cm³/mol. The Balaban J connectivity index is 2.22. The molecule has 2 aromatic rings. The number of carbonyl (C=O) groups excluding carboxylic acids is 1. The minimum atomic E-state index is -0.282. The first-order valence-corrected chi connectivity index (χ1v) is 7.05. The molecule has 21 heavy (non-hydrogen) atoms. The minimum absolute atomic E-state index is 0.218. The molecule has 0 aliphatic carbocycles. The summed E-state index contributed by atoms with van der Waals surface area (Å²) in [4.78, 5) is 17.8. The second-order valence-corrected chi connectivity index (χ2v) is 4.71. The van der Waals surface area contributed by atoms with E-state index in [-0.39, 0.29) is 18.3 Å². The number of likely N-dealkylation sites (N-methyl/N-ethyl adjacent to an activating group) is 1. The lowest BCUT2D eigenvalue weighted by Crippen LogP contribution is -2.30. The average molecular weight is 290 g/mol. The van der Waals surface area contributed by atoms with Gasteiger partial charge in [0.1, 0.15) is 5.82 Å². The van der Waals surface area contributed by atoms with Crippen LogP contribution in [0.15, 0.2) is 30.5 Å². The fourth-order valence-electron chi connectivity index (χ4n) is 2.23. The molecule has 0 saturated heterocycles. The number of aromatic nitrogens is 1. The number of ether oxygens (including phenoxy) is 1. The maximum atomic E-state index is 13.8. The van der Waals surface area contributed by atoms with Crippen LogP contribution in [-0.4, -0.2) is 35.5 Å². The van der Waals surface area contributed by atoms with Crippen LogP contribution in [0.2, 0.25) is 0 Å². The van der Waals surface area contributed by atoms with Crippen molar-refractivity contribution in [1.82, 2.24) is 9.88 Å². The van der Waals surface area contributed by atoms with Crippen molar-refractivity contribution >= 4 is 16.9 Å². The lowest BCUT2D eigenvalue weighted by Gasteiger charge is -2.20. The first kappa shape index (κ1) is 15.4. The second-order valence-electron chi connectivity index (χ2n) is 4.71. The second kappa shape index (κ2) is 7.13. The van der Waals surface area contributed by atoms with Crippen molar-refractivity contribution in [2.24, 2.45) is 0 Å². The number of esters is 1. The number of pyridine rings is 1. The molecule has 4 nitrogen and oxygen atoms in total. The van der Waals surface area contributed by atoms with E-state index in [1.165, 1.54) is 6.07 Å². The molecule has 0 unspecified atom stereocenters. The van der Waals surface area contributed by atoms with Gasteiger partial charge in [-0.05, 0) is 37.2 Å². The fraction of sp³-hybridized carbons (Fsp3) is 0.375. The van der Waals surface area contributed by atoms with Crippen LogP contribution in [0, 0.1) is 5.82 Å². The van der Waals surface area contributed by atoms with E-state index in [4.69, 9.17) is 4.74 Å². The Bertz CT molecular complexity index is 631. The number of halogens is 1. The molecule has 112 valence electrons. The Kier molecular flexibility index (Phi) is 5.22. The number of fused-ring (bicyclic) bond motifs is 1. The summed E-state index contributed by atoms with van der Waals surface area (Å²) in [5.41, 5.74) is 1.54. The molecule has 0 radical (unpaired) electrons. The molecule has 2 rings (SSSR count). The lowest BCUT2D eigenvalue weighted by atomic mass is 10.1. The highest BCUT2D eigenvalue weighted by molar-refractivity contribution is 5.82. The summed E-state index contributed by atoms with van der Waals surface area (Å²) in [6.45, 7) is 5.57. The maximum Gasteiger partial charge on any atom is 0.320 e. The third-order valence-electron chi connectivity index (χ3n) is 3.30. The van der Waals surface area contributed by atoms with Crippen LogP contribution in [0.3, 0.4) is 0 Å². The Morgan fingerprint density at radius 3 is 2.86 bits per heavy atom. The third kappa shape index (κ3) is 3.76. The molecule has 0 amide bonds. The van der Waals surface area contributed by atoms with Gasteiger partial charge in [0.05, 0.1) is 18.7 Å². The summed E-state index contributed by atoms with van der Waals surface area (Å²) in [7, 11) is 0. The van der Waals surface area contributed by atoms with Crippen molar-refractivity contribution in [2.45, 2.75) is 20.4 Å². The van der Waals surface area contributed by atoms with E-state index in [9.17, 15) is 9.18 Å². The highest BCUT2D eigenvalue weighted by Gasteiger charge is 2.13. The highest BCUT2D eigenvalue weighted by atomic mass is 19.1. The lowest BCUT2D eigenvalue weighted by molar-refractivity contribution is -0.144. The summed E-state index contributed by atoms with van der Waals surface area (Å²) >= 11 is 0. The van der Waals surface area contributed by atoms with Crippen LogP contribution in [0.4, 0.5) is 4.39 Å². The van der Waals surface area contributed by atoms with E-state index in [0.29, 0.717) is 30.6 Å². The monoisotopic (exact) mass is 290 g/mol. The van der Waals surface area contributed by atoms with Gasteiger partial charge in [0.25, 0.3) is 0 Å². The van der Waals surface area contributed by atoms with Gasteiger partial charge in [-0.1, -0.05) is 13.0 Å². The molecule has 0 aliphatic heterocycles. The number of benzene rings is 1. The van der Waals surface area contributed by atoms with E-state index < -0.39 is 0 Å². The van der Waals surface area contributed by atoms with Gasteiger partial charge in [-0.15, -0.1) is 0 Å². The van der Waals surface area contributed by atoms with E-state index in [1.54, 1.807) is 31.3 Å². The van der Waals surface area contributed by atoms with Crippen LogP contribution in [0.25, 0.3) is 10.9 Å². The van der Waals surface area contributed by atoms with Crippen LogP contribution >= 0.6 is 0 Å². The number of carbonyl (C=O) groups is 1. The normalized spacial score (nSPS) is 11.0. The fourth-order valence-corrected chi connectivity index (χ4v) is 2.23. The molecule has 0 aliphatic rings. The van der Waals surface area contributed by atoms with E-state index >= 15 is 0 Å². The number of hydrogen-bond donors (Lipinski definition) is 0. The first-order valence-electron chi connectivity index (χ1n) is 7.05. The zero-order valence-electron chi connectivity index (χ0n) is 12.3. The summed E-state index contributed by atoms with van der Waals surface area (Å²) < 4.78 is 18.7. The number of hydrogen-bond acceptors (Lipinski definition) is 4. The molecular formula is C16H19FN2O2. The quantitative estimate of drug-likeness (QED) is 0.767. The summed E-state index contributed by atoms with van der Waals surface area (Å²) in [5.74, 6) is -0.533. The van der Waals surface area contributed by atoms with Gasteiger partial charge in [0.2, 0.25) is 0 Å². The van der Waals surface area contributed by atoms with E-state index in [1.807, 2.05) is 11.8 Å². The molecule has 0 bridgehead atoms. The van der Waals surface area contributed by atoms with Gasteiger partial charge in [-0.25, -0.2) is 4.39 Å². The molecule has 0 fully saturated rings. The summed E-state index contributed by atoms with van der Waals surface area (Å²) in [6.07, 6.45) is 1.65. The Labute approximate surface area is 123 Å². The van der Waals surface area contributed by atoms with Gasteiger partial charge in [-0.2, -0.15) is 0 Å². The smallest absolute Gasteiger partial charge is 0.320 e. The largest absolute Gasteiger partial charge is 0.465 e. The zero-order chi connectivity index (χ0) is 15.2. The van der Waals surface area contributed by atoms with Crippen molar-refractivity contribution in [3.8, 4) is 0 Å². The van der Waals surface area contributed by atoms with Crippen LogP contribution in [-0.2, 0) is 16.1 Å². The van der Waals surface area contributed by atoms with E-state index in [0.717, 1.165) is 5.56 Å². The van der Waals surface area contributed by atoms with Crippen LogP contribution in [0.5, 0.6) is 0 Å². The van der Waals surface area contributed by atoms with Gasteiger partial charge in [0, 0.05) is 18.1 Å². The number of nitrogens with zero attached hydrogens (tertiary/aromatic N) is 2. The van der Waals surface area contributed by atoms with Gasteiger partial charge >= 0.3 is 5.97 Å². The molecule has 0 saturated carbocycles. The summed E-state index contributed by atoms with van der Waals surface area (Å²) in [5, 5.41) is 0.502. The highest BCUT2D eigenvalue weighted by Crippen LogP contribution is 2.20. The molecule has 5 heteroatoms. The van der Waals surface area contributed by atoms with Crippen LogP contribution < -0.4 is 0 Å². The zero-order valence-corrected chi connectivity index (χ0v) is 12.3. The van der Waals surface area contributed by atoms with Crippen molar-refractivity contribution < 1.29 is 13.9 Å². The third-order valence-corrected chi connectivity index (χ3v) is 3.30. The first-order chi connectivity index (χ1) is 10.2. The average Bonchev–Trinajstić information content (AvgIpc) is 2.49. The van der Waals surface area contributed by atoms with Crippen molar-refractivity contribution in [2.75, 3.05) is 19.7 Å². The maximum absolute atomic E-state index is 13.8. The van der Waals surface area contributed by atoms with Crippen molar-refractivity contribution in [3.05, 3.63) is 41.8 Å². The molecule has 0 N–H and O–H groups in total. The SMILES string of the molecule is CCOC(=O)CN(CC)Cc1ccc(F)c2cccnc12. The van der Waals surface area contributed by atoms with Gasteiger partial charge in [0.15, 0.2) is 0 Å². The van der Waals surface area contributed by atoms with Crippen molar-refractivity contribution in [1.29, 1.82) is 0 Å². The number of rotatable bonds is 6. The Morgan fingerprint density at radius 2 is 2.14 bits per heavy atom. The predicted octanol–water partition coefficient (Wildman–Crippen LogP) is 2.76. The van der Waals surface area contributed by atoms with Crippen LogP contribution in [0.1, 0.15) is 19.4 Å². The van der Waals surface area contributed by atoms with Gasteiger partial charge < -0.3 is 4.74 Å². The Morgan fingerprint density at radius 1 is 1.33 bits per heavy atom. The molecule has 1 aromatic carbocycles. The topological polar surface area (TPSA) is 42.4 Å². The standard InChI is InChI=1S/C16H19FN2O2/c1-3-19(11-15(20)21-4-2)10-12-7-8-14(17)13-6-5-9-18-16(12)13/h5-9H,3-4,10-11H2,1-2H3. The van der Waals surface area contributed by atoms with Crippen molar-refractivity contribution in [3.63, 3.8) is 0 Å². The van der Waals surface area contributed by atoms with E-state index in [2.05, 4.69) is 4.98 Å². The Hall–Kier alpha value is -2.01. The molecule has 0 spiro atoms. The summed E-state index contributed by atoms with van der Waals surface area (Å²) in [6, 6.07) is 6.59. The molecule has 1 heterocycles. The molecule has 1 aromatic heterocycles. The molecular weight excluding hydrogens is 271 g/mol. The molecule has 0 atom stereocenters. The van der Waals surface area contributed by atoms with Gasteiger partial charge in [-0.3, -0.25) is 14.7 Å². The minimum Gasteiger partial charge on any atom is -0.465 e.